The zero-order valence-corrected chi connectivity index (χ0v) is 8.96. The number of anilines is 1. The van der Waals surface area contributed by atoms with Crippen molar-refractivity contribution in [2.75, 3.05) is 18.0 Å². The van der Waals surface area contributed by atoms with Crippen LogP contribution in [0.15, 0.2) is 4.42 Å². The van der Waals surface area contributed by atoms with E-state index in [1.807, 2.05) is 0 Å². The number of carbonyl (C=O) groups excluding carboxylic acids is 1. The topological polar surface area (TPSA) is 46.3 Å². The van der Waals surface area contributed by atoms with E-state index in [0.717, 1.165) is 19.3 Å². The van der Waals surface area contributed by atoms with Gasteiger partial charge in [-0.3, -0.25) is 4.79 Å². The lowest BCUT2D eigenvalue weighted by molar-refractivity contribution is -0.141. The number of carbonyl (C=O) groups is 1. The molecule has 0 radical (unpaired) electrons. The van der Waals surface area contributed by atoms with Crippen molar-refractivity contribution in [1.82, 2.24) is 4.98 Å². The second-order valence-corrected chi connectivity index (χ2v) is 3.87. The van der Waals surface area contributed by atoms with Crippen LogP contribution in [0.1, 0.15) is 35.5 Å². The van der Waals surface area contributed by atoms with E-state index in [1.54, 1.807) is 4.90 Å². The maximum Gasteiger partial charge on any atom is 0.437 e. The maximum atomic E-state index is 12.5. The molecule has 17 heavy (non-hydrogen) atoms. The first-order valence-electron chi connectivity index (χ1n) is 5.30. The van der Waals surface area contributed by atoms with Gasteiger partial charge in [-0.05, 0) is 19.3 Å². The van der Waals surface area contributed by atoms with E-state index in [4.69, 9.17) is 4.42 Å². The number of halogens is 3. The number of alkyl halides is 3. The predicted molar refractivity (Wildman–Crippen MR) is 53.0 cm³/mol. The second-order valence-electron chi connectivity index (χ2n) is 3.87. The molecule has 2 rings (SSSR count). The molecule has 1 aliphatic heterocycles. The minimum atomic E-state index is -4.66. The van der Waals surface area contributed by atoms with Gasteiger partial charge in [0.05, 0.1) is 0 Å². The lowest BCUT2D eigenvalue weighted by atomic mass is 10.1. The van der Waals surface area contributed by atoms with Crippen molar-refractivity contribution >= 4 is 12.3 Å². The van der Waals surface area contributed by atoms with E-state index < -0.39 is 17.6 Å². The van der Waals surface area contributed by atoms with E-state index in [2.05, 4.69) is 4.98 Å². The summed E-state index contributed by atoms with van der Waals surface area (Å²) >= 11 is 0. The zero-order valence-electron chi connectivity index (χ0n) is 8.96. The molecule has 0 saturated carbocycles. The lowest BCUT2D eigenvalue weighted by Gasteiger charge is -2.24. The highest BCUT2D eigenvalue weighted by atomic mass is 19.4. The summed E-state index contributed by atoms with van der Waals surface area (Å²) in [5.41, 5.74) is -1.24. The number of nitrogens with zero attached hydrogens (tertiary/aromatic N) is 2. The van der Waals surface area contributed by atoms with E-state index in [1.165, 1.54) is 0 Å². The van der Waals surface area contributed by atoms with Gasteiger partial charge in [0, 0.05) is 13.1 Å². The van der Waals surface area contributed by atoms with Gasteiger partial charge >= 0.3 is 6.18 Å². The molecule has 0 atom stereocenters. The number of rotatable bonds is 2. The smallest absolute Gasteiger partial charge is 0.420 e. The summed E-state index contributed by atoms with van der Waals surface area (Å²) in [6.45, 7) is 1.21. The zero-order chi connectivity index (χ0) is 12.5. The molecule has 94 valence electrons. The van der Waals surface area contributed by atoms with Crippen molar-refractivity contribution in [3.05, 3.63) is 11.5 Å². The summed E-state index contributed by atoms with van der Waals surface area (Å²) in [6, 6.07) is -0.112. The van der Waals surface area contributed by atoms with Crippen LogP contribution in [0.2, 0.25) is 0 Å². The van der Waals surface area contributed by atoms with Gasteiger partial charge in [0.25, 0.3) is 6.01 Å². The minimum Gasteiger partial charge on any atom is -0.420 e. The van der Waals surface area contributed by atoms with Gasteiger partial charge < -0.3 is 9.32 Å². The van der Waals surface area contributed by atoms with Gasteiger partial charge in [-0.2, -0.15) is 18.2 Å². The molecule has 1 fully saturated rings. The first-order chi connectivity index (χ1) is 8.02. The molecular formula is C10H11F3N2O2. The molecule has 7 heteroatoms. The standard InChI is InChI=1S/C10H11F3N2O2/c11-10(12,13)8-7(6-16)17-9(14-8)15-4-2-1-3-5-15/h6H,1-5H2. The molecule has 0 bridgehead atoms. The Kier molecular flexibility index (Phi) is 3.08. The van der Waals surface area contributed by atoms with Crippen molar-refractivity contribution in [2.45, 2.75) is 25.4 Å². The second kappa shape index (κ2) is 4.38. The van der Waals surface area contributed by atoms with Crippen LogP contribution in [-0.4, -0.2) is 24.4 Å². The van der Waals surface area contributed by atoms with Crippen molar-refractivity contribution in [3.8, 4) is 0 Å². The molecule has 4 nitrogen and oxygen atoms in total. The SMILES string of the molecule is O=Cc1oc(N2CCCCC2)nc1C(F)(F)F. The highest BCUT2D eigenvalue weighted by Gasteiger charge is 2.39. The number of hydrogen-bond acceptors (Lipinski definition) is 4. The molecular weight excluding hydrogens is 237 g/mol. The summed E-state index contributed by atoms with van der Waals surface area (Å²) in [6.07, 6.45) is -1.79. The van der Waals surface area contributed by atoms with Gasteiger partial charge in [0.15, 0.2) is 12.0 Å². The summed E-state index contributed by atoms with van der Waals surface area (Å²) in [7, 11) is 0. The van der Waals surface area contributed by atoms with Crippen LogP contribution < -0.4 is 4.90 Å². The van der Waals surface area contributed by atoms with Gasteiger partial charge in [0.1, 0.15) is 0 Å². The minimum absolute atomic E-state index is 0.0449. The van der Waals surface area contributed by atoms with Crippen LogP contribution >= 0.6 is 0 Å². The summed E-state index contributed by atoms with van der Waals surface area (Å²) in [4.78, 5) is 15.5. The molecule has 0 N–H and O–H groups in total. The van der Waals surface area contributed by atoms with E-state index in [9.17, 15) is 18.0 Å². The largest absolute Gasteiger partial charge is 0.437 e. The normalized spacial score (nSPS) is 17.2. The van der Waals surface area contributed by atoms with Gasteiger partial charge in [-0.25, -0.2) is 0 Å². The first-order valence-corrected chi connectivity index (χ1v) is 5.30. The van der Waals surface area contributed by atoms with Crippen LogP contribution in [0.5, 0.6) is 0 Å². The number of oxazole rings is 1. The van der Waals surface area contributed by atoms with Crippen molar-refractivity contribution in [3.63, 3.8) is 0 Å². The Balaban J connectivity index is 2.30. The molecule has 0 amide bonds. The Morgan fingerprint density at radius 3 is 2.35 bits per heavy atom. The third-order valence-electron chi connectivity index (χ3n) is 2.64. The van der Waals surface area contributed by atoms with Crippen LogP contribution in [-0.2, 0) is 6.18 Å². The Morgan fingerprint density at radius 1 is 1.24 bits per heavy atom. The monoisotopic (exact) mass is 248 g/mol. The Bertz CT molecular complexity index is 408. The fourth-order valence-electron chi connectivity index (χ4n) is 1.82. The average molecular weight is 248 g/mol. The summed E-state index contributed by atoms with van der Waals surface area (Å²) < 4.78 is 42.4. The summed E-state index contributed by atoms with van der Waals surface area (Å²) in [5, 5.41) is 0. The van der Waals surface area contributed by atoms with Gasteiger partial charge in [0.2, 0.25) is 5.76 Å². The maximum absolute atomic E-state index is 12.5. The number of piperidine rings is 1. The number of hydrogen-bond donors (Lipinski definition) is 0. The number of aldehydes is 1. The molecule has 0 unspecified atom stereocenters. The van der Waals surface area contributed by atoms with Gasteiger partial charge in [-0.15, -0.1) is 0 Å². The molecule has 1 aromatic heterocycles. The molecule has 1 aliphatic rings. The molecule has 0 aromatic carbocycles. The molecule has 1 aromatic rings. The van der Waals surface area contributed by atoms with E-state index in [-0.39, 0.29) is 12.3 Å². The van der Waals surface area contributed by atoms with Gasteiger partial charge in [-0.1, -0.05) is 0 Å². The Labute approximate surface area is 95.4 Å². The van der Waals surface area contributed by atoms with E-state index in [0.29, 0.717) is 13.1 Å². The molecule has 2 heterocycles. The van der Waals surface area contributed by atoms with Crippen LogP contribution in [0.3, 0.4) is 0 Å². The number of aromatic nitrogens is 1. The Morgan fingerprint density at radius 2 is 1.88 bits per heavy atom. The van der Waals surface area contributed by atoms with Crippen molar-refractivity contribution < 1.29 is 22.4 Å². The highest BCUT2D eigenvalue weighted by Crippen LogP contribution is 2.33. The van der Waals surface area contributed by atoms with Crippen LogP contribution in [0.4, 0.5) is 19.2 Å². The molecule has 0 spiro atoms. The first kappa shape index (κ1) is 11.9. The third-order valence-corrected chi connectivity index (χ3v) is 2.64. The quantitative estimate of drug-likeness (QED) is 0.754. The van der Waals surface area contributed by atoms with E-state index >= 15 is 0 Å². The third kappa shape index (κ3) is 2.42. The highest BCUT2D eigenvalue weighted by molar-refractivity contribution is 5.73. The predicted octanol–water partition coefficient (Wildman–Crippen LogP) is 2.50. The fraction of sp³-hybridized carbons (Fsp3) is 0.600. The lowest BCUT2D eigenvalue weighted by Crippen LogP contribution is -2.29. The fourth-order valence-corrected chi connectivity index (χ4v) is 1.82. The molecule has 0 aliphatic carbocycles. The van der Waals surface area contributed by atoms with Crippen molar-refractivity contribution in [2.24, 2.45) is 0 Å². The average Bonchev–Trinajstić information content (AvgIpc) is 2.74. The van der Waals surface area contributed by atoms with Crippen LogP contribution in [0, 0.1) is 0 Å². The Hall–Kier alpha value is -1.53. The summed E-state index contributed by atoms with van der Waals surface area (Å²) in [5.74, 6) is -0.752. The molecule has 1 saturated heterocycles. The van der Waals surface area contributed by atoms with Crippen LogP contribution in [0.25, 0.3) is 0 Å². The van der Waals surface area contributed by atoms with Crippen molar-refractivity contribution in [1.29, 1.82) is 0 Å².